The molecule has 2 aliphatic heterocycles. The number of unbranched alkanes of at least 4 members (excludes halogenated alkanes) is 2. The minimum atomic E-state index is -5.32. The van der Waals surface area contributed by atoms with E-state index in [2.05, 4.69) is 21.1 Å². The smallest absolute Gasteiger partial charge is 0.394 e. The molecule has 42 heavy (non-hydrogen) atoms. The lowest BCUT2D eigenvalue weighted by atomic mass is 9.97. The van der Waals surface area contributed by atoms with Crippen molar-refractivity contribution in [3.8, 4) is 0 Å². The number of ether oxygens (including phenoxy) is 2. The Balaban J connectivity index is 0.000000317. The standard InChI is InChI=1S/C11H23NO5.C9H14N2O12P2/c1-2-3-4-5-12-8-10(15)9(14)7(6-13)17-11(8)16;12-5-1-2-11(9(15)10-5)8-7(14)6(13)4(22-8)3-21-25(19,20)23-24(16,17)18/h7-16H,2-6H2,1H3;1-2,4,6-8,13-14H,3H2,(H,19,20)(H,10,12,15)(H2,16,17,18)/t7-,8-,9-,10-,11?;4-,6-,7-,8-/m11/s1. The van der Waals surface area contributed by atoms with Crippen LogP contribution in [0.4, 0.5) is 0 Å². The number of phosphoric acid groups is 2. The number of H-pyrrole nitrogens is 1. The molecule has 0 saturated carbocycles. The third kappa shape index (κ3) is 10.6. The lowest BCUT2D eigenvalue weighted by molar-refractivity contribution is -0.254. The van der Waals surface area contributed by atoms with E-state index in [4.69, 9.17) is 29.3 Å². The molecule has 1 aromatic rings. The zero-order valence-corrected chi connectivity index (χ0v) is 24.0. The molecule has 2 aliphatic rings. The lowest BCUT2D eigenvalue weighted by Gasteiger charge is -2.40. The van der Waals surface area contributed by atoms with E-state index in [0.29, 0.717) is 6.54 Å². The van der Waals surface area contributed by atoms with E-state index in [0.717, 1.165) is 36.1 Å². The Kier molecular flexibility index (Phi) is 14.1. The summed E-state index contributed by atoms with van der Waals surface area (Å²) in [6.45, 7) is 1.40. The van der Waals surface area contributed by atoms with Crippen LogP contribution < -0.4 is 16.6 Å². The van der Waals surface area contributed by atoms with Crippen LogP contribution >= 0.6 is 15.6 Å². The van der Waals surface area contributed by atoms with Gasteiger partial charge in [0, 0.05) is 12.3 Å². The van der Waals surface area contributed by atoms with Gasteiger partial charge in [-0.25, -0.2) is 13.9 Å². The summed E-state index contributed by atoms with van der Waals surface area (Å²) >= 11 is 0. The maximum absolute atomic E-state index is 11.7. The van der Waals surface area contributed by atoms with Gasteiger partial charge in [-0.15, -0.1) is 0 Å². The van der Waals surface area contributed by atoms with Gasteiger partial charge in [-0.3, -0.25) is 18.9 Å². The molecule has 10 atom stereocenters. The van der Waals surface area contributed by atoms with Gasteiger partial charge in [0.05, 0.1) is 19.3 Å². The van der Waals surface area contributed by atoms with Crippen molar-refractivity contribution in [2.24, 2.45) is 0 Å². The Morgan fingerprint density at radius 2 is 1.62 bits per heavy atom. The number of aromatic nitrogens is 2. The van der Waals surface area contributed by atoms with E-state index >= 15 is 0 Å². The summed E-state index contributed by atoms with van der Waals surface area (Å²) < 4.78 is 40.7. The maximum Gasteiger partial charge on any atom is 0.481 e. The van der Waals surface area contributed by atoms with Gasteiger partial charge in [0.1, 0.15) is 36.6 Å². The fraction of sp³-hybridized carbons (Fsp3) is 0.800. The molecule has 1 aromatic heterocycles. The zero-order chi connectivity index (χ0) is 31.8. The first-order valence-corrected chi connectivity index (χ1v) is 15.6. The molecule has 0 bridgehead atoms. The largest absolute Gasteiger partial charge is 0.481 e. The molecule has 22 heteroatoms. The number of aromatic amines is 1. The molecule has 0 aromatic carbocycles. The number of aliphatic hydroxyl groups excluding tert-OH is 6. The summed E-state index contributed by atoms with van der Waals surface area (Å²) in [6.07, 6.45) is -6.64. The Hall–Kier alpha value is -1.42. The maximum atomic E-state index is 11.7. The van der Waals surface area contributed by atoms with Gasteiger partial charge in [-0.2, -0.15) is 4.31 Å². The van der Waals surface area contributed by atoms with Crippen molar-refractivity contribution in [3.05, 3.63) is 33.1 Å². The number of aliphatic hydroxyl groups is 6. The van der Waals surface area contributed by atoms with Crippen LogP contribution in [0.25, 0.3) is 0 Å². The molecule has 2 unspecified atom stereocenters. The molecule has 20 nitrogen and oxygen atoms in total. The summed E-state index contributed by atoms with van der Waals surface area (Å²) in [7, 11) is -10.5. The zero-order valence-electron chi connectivity index (χ0n) is 22.2. The second kappa shape index (κ2) is 16.1. The van der Waals surface area contributed by atoms with Crippen LogP contribution in [-0.4, -0.2) is 124 Å². The summed E-state index contributed by atoms with van der Waals surface area (Å²) in [6, 6.07) is 0.244. The van der Waals surface area contributed by atoms with Crippen LogP contribution in [0.3, 0.4) is 0 Å². The topological polar surface area (TPSA) is 320 Å². The van der Waals surface area contributed by atoms with Crippen molar-refractivity contribution in [2.45, 2.75) is 81.4 Å². The van der Waals surface area contributed by atoms with Crippen LogP contribution in [0.5, 0.6) is 0 Å². The summed E-state index contributed by atoms with van der Waals surface area (Å²) in [5, 5.41) is 60.7. The van der Waals surface area contributed by atoms with Crippen molar-refractivity contribution < 1.29 is 72.8 Å². The van der Waals surface area contributed by atoms with Crippen LogP contribution in [0, 0.1) is 0 Å². The normalized spacial score (nSPS) is 33.0. The SMILES string of the molecule is CCCCCN[C@H]1C(O)O[C@H](CO)[C@@H](O)[C@@H]1O.O=c1ccn([C@@H]2O[C@H](COP(=O)(O)OP(=O)(O)O)[C@@H](O)[C@H]2O)c(=O)[nH]1. The molecular formula is C20H37N3O17P2. The van der Waals surface area contributed by atoms with Crippen LogP contribution in [0.2, 0.25) is 0 Å². The van der Waals surface area contributed by atoms with Gasteiger partial charge < -0.3 is 60.1 Å². The van der Waals surface area contributed by atoms with E-state index in [-0.39, 0.29) is 0 Å². The average Bonchev–Trinajstić information content (AvgIpc) is 3.17. The second-order valence-corrected chi connectivity index (χ2v) is 12.1. The minimum Gasteiger partial charge on any atom is -0.394 e. The molecule has 2 fully saturated rings. The Bertz CT molecular complexity index is 1190. The summed E-state index contributed by atoms with van der Waals surface area (Å²) in [5.41, 5.74) is -1.65. The van der Waals surface area contributed by atoms with Crippen LogP contribution in [0.1, 0.15) is 32.4 Å². The lowest BCUT2D eigenvalue weighted by Crippen LogP contribution is -2.63. The average molecular weight is 653 g/mol. The molecule has 3 rings (SSSR count). The van der Waals surface area contributed by atoms with Gasteiger partial charge in [0.25, 0.3) is 5.56 Å². The first-order chi connectivity index (χ1) is 19.5. The van der Waals surface area contributed by atoms with Crippen molar-refractivity contribution >= 4 is 15.6 Å². The van der Waals surface area contributed by atoms with Gasteiger partial charge in [0.2, 0.25) is 0 Å². The third-order valence-corrected chi connectivity index (χ3v) is 8.29. The highest BCUT2D eigenvalue weighted by Crippen LogP contribution is 2.57. The number of phosphoric ester groups is 1. The Labute approximate surface area is 237 Å². The Morgan fingerprint density at radius 1 is 0.976 bits per heavy atom. The van der Waals surface area contributed by atoms with Crippen LogP contribution in [0.15, 0.2) is 21.9 Å². The molecule has 0 aliphatic carbocycles. The van der Waals surface area contributed by atoms with Gasteiger partial charge >= 0.3 is 21.3 Å². The third-order valence-electron chi connectivity index (χ3n) is 6.13. The highest BCUT2D eigenvalue weighted by Gasteiger charge is 2.46. The predicted molar refractivity (Wildman–Crippen MR) is 137 cm³/mol. The minimum absolute atomic E-state index is 0.433. The van der Waals surface area contributed by atoms with Crippen molar-refractivity contribution in [2.75, 3.05) is 19.8 Å². The molecule has 0 spiro atoms. The highest BCUT2D eigenvalue weighted by atomic mass is 31.3. The van der Waals surface area contributed by atoms with Crippen LogP contribution in [-0.2, 0) is 27.4 Å². The fourth-order valence-corrected chi connectivity index (χ4v) is 5.61. The number of rotatable bonds is 12. The monoisotopic (exact) mass is 653 g/mol. The summed E-state index contributed by atoms with van der Waals surface area (Å²) in [5.74, 6) is 0. The fourth-order valence-electron chi connectivity index (χ4n) is 4.01. The summed E-state index contributed by atoms with van der Waals surface area (Å²) in [4.78, 5) is 50.7. The van der Waals surface area contributed by atoms with Gasteiger partial charge in [0.15, 0.2) is 12.5 Å². The number of hydrogen-bond donors (Lipinski definition) is 11. The predicted octanol–water partition coefficient (Wildman–Crippen LogP) is -4.05. The molecule has 11 N–H and O–H groups in total. The van der Waals surface area contributed by atoms with E-state index in [1.165, 1.54) is 0 Å². The Morgan fingerprint density at radius 3 is 2.19 bits per heavy atom. The molecular weight excluding hydrogens is 616 g/mol. The van der Waals surface area contributed by atoms with Gasteiger partial charge in [-0.05, 0) is 13.0 Å². The van der Waals surface area contributed by atoms with Crippen molar-refractivity contribution in [3.63, 3.8) is 0 Å². The molecule has 2 saturated heterocycles. The molecule has 244 valence electrons. The van der Waals surface area contributed by atoms with E-state index in [1.54, 1.807) is 0 Å². The van der Waals surface area contributed by atoms with E-state index < -0.39 is 95.3 Å². The quantitative estimate of drug-likeness (QED) is 0.0755. The highest BCUT2D eigenvalue weighted by molar-refractivity contribution is 7.60. The van der Waals surface area contributed by atoms with Crippen molar-refractivity contribution in [1.29, 1.82) is 0 Å². The number of nitrogens with one attached hydrogen (secondary N) is 2. The van der Waals surface area contributed by atoms with E-state index in [9.17, 15) is 44.3 Å². The first-order valence-electron chi connectivity index (χ1n) is 12.6. The van der Waals surface area contributed by atoms with Gasteiger partial charge in [-0.1, -0.05) is 19.8 Å². The molecule has 0 amide bonds. The molecule has 0 radical (unpaired) electrons. The second-order valence-electron chi connectivity index (χ2n) is 9.32. The number of hydrogen-bond acceptors (Lipinski definition) is 15. The van der Waals surface area contributed by atoms with Crippen molar-refractivity contribution in [1.82, 2.24) is 14.9 Å². The van der Waals surface area contributed by atoms with E-state index in [1.807, 2.05) is 4.98 Å². The first kappa shape index (κ1) is 36.8. The molecule has 3 heterocycles. The number of nitrogens with zero attached hydrogens (tertiary/aromatic N) is 1.